The molecule has 3 aliphatic rings. The smallest absolute Gasteiger partial charge is 0.332 e. The van der Waals surface area contributed by atoms with Gasteiger partial charge in [-0.05, 0) is 61.9 Å². The Morgan fingerprint density at radius 2 is 1.48 bits per heavy atom. The Morgan fingerprint density at radius 1 is 0.800 bits per heavy atom. The SMILES string of the molecule is CCN1C(=O)N(c2ccc(-c3ccccc3)c(Cl)c2Cl)C(=O)C12CCN(Cc1ccc(N3CCCC3)cc1)CC2. The molecular weight excluding hydrogens is 543 g/mol. The van der Waals surface area contributed by atoms with Crippen LogP contribution in [0.1, 0.15) is 38.2 Å². The third kappa shape index (κ3) is 4.66. The van der Waals surface area contributed by atoms with Crippen molar-refractivity contribution in [3.8, 4) is 11.1 Å². The van der Waals surface area contributed by atoms with Crippen molar-refractivity contribution in [1.82, 2.24) is 9.80 Å². The first kappa shape index (κ1) is 27.1. The summed E-state index contributed by atoms with van der Waals surface area (Å²) in [7, 11) is 0. The van der Waals surface area contributed by atoms with Gasteiger partial charge in [0.25, 0.3) is 5.91 Å². The molecule has 3 amide bonds. The predicted octanol–water partition coefficient (Wildman–Crippen LogP) is 7.08. The number of nitrogens with zero attached hydrogens (tertiary/aromatic N) is 4. The molecule has 6 rings (SSSR count). The van der Waals surface area contributed by atoms with Crippen LogP contribution < -0.4 is 9.80 Å². The number of carbonyl (C=O) groups excluding carboxylic acids is 2. The normalized spacial score (nSPS) is 19.3. The van der Waals surface area contributed by atoms with Crippen molar-refractivity contribution in [1.29, 1.82) is 0 Å². The first-order valence-electron chi connectivity index (χ1n) is 14.2. The van der Waals surface area contributed by atoms with Crippen LogP contribution in [0.15, 0.2) is 66.7 Å². The van der Waals surface area contributed by atoms with Gasteiger partial charge in [0, 0.05) is 50.5 Å². The van der Waals surface area contributed by atoms with E-state index in [1.807, 2.05) is 43.3 Å². The Hall–Kier alpha value is -3.06. The van der Waals surface area contributed by atoms with Gasteiger partial charge in [-0.15, -0.1) is 0 Å². The van der Waals surface area contributed by atoms with Crippen molar-refractivity contribution in [2.75, 3.05) is 42.5 Å². The molecule has 0 atom stereocenters. The number of likely N-dealkylation sites (tertiary alicyclic amines) is 1. The Morgan fingerprint density at radius 3 is 2.12 bits per heavy atom. The number of piperidine rings is 1. The first-order valence-corrected chi connectivity index (χ1v) is 14.9. The van der Waals surface area contributed by atoms with Gasteiger partial charge in [-0.25, -0.2) is 9.69 Å². The van der Waals surface area contributed by atoms with E-state index in [-0.39, 0.29) is 17.0 Å². The first-order chi connectivity index (χ1) is 19.4. The molecular formula is C32H34Cl2N4O2. The lowest BCUT2D eigenvalue weighted by Crippen LogP contribution is -2.56. The second kappa shape index (κ2) is 11.1. The van der Waals surface area contributed by atoms with Crippen molar-refractivity contribution in [3.63, 3.8) is 0 Å². The van der Waals surface area contributed by atoms with Gasteiger partial charge in [0.15, 0.2) is 0 Å². The summed E-state index contributed by atoms with van der Waals surface area (Å²) in [5, 5.41) is 0.549. The van der Waals surface area contributed by atoms with E-state index in [0.29, 0.717) is 30.1 Å². The molecule has 3 aliphatic heterocycles. The Kier molecular flexibility index (Phi) is 7.51. The Labute approximate surface area is 246 Å². The van der Waals surface area contributed by atoms with Crippen molar-refractivity contribution in [2.45, 2.75) is 44.7 Å². The van der Waals surface area contributed by atoms with E-state index in [1.54, 1.807) is 11.0 Å². The van der Waals surface area contributed by atoms with Gasteiger partial charge < -0.3 is 9.80 Å². The number of benzene rings is 3. The monoisotopic (exact) mass is 576 g/mol. The number of amides is 3. The topological polar surface area (TPSA) is 47.1 Å². The van der Waals surface area contributed by atoms with Gasteiger partial charge >= 0.3 is 6.03 Å². The molecule has 0 N–H and O–H groups in total. The van der Waals surface area contributed by atoms with E-state index in [1.165, 1.54) is 29.0 Å². The minimum atomic E-state index is -0.865. The number of anilines is 2. The molecule has 208 valence electrons. The molecule has 8 heteroatoms. The fourth-order valence-corrected chi connectivity index (χ4v) is 7.05. The van der Waals surface area contributed by atoms with E-state index < -0.39 is 5.54 Å². The summed E-state index contributed by atoms with van der Waals surface area (Å²) >= 11 is 13.4. The van der Waals surface area contributed by atoms with Crippen LogP contribution in [0.5, 0.6) is 0 Å². The second-order valence-electron chi connectivity index (χ2n) is 11.0. The molecule has 0 saturated carbocycles. The van der Waals surface area contributed by atoms with E-state index in [4.69, 9.17) is 23.2 Å². The van der Waals surface area contributed by atoms with Crippen LogP contribution >= 0.6 is 23.2 Å². The fourth-order valence-electron chi connectivity index (χ4n) is 6.53. The third-order valence-electron chi connectivity index (χ3n) is 8.74. The van der Waals surface area contributed by atoms with E-state index in [9.17, 15) is 9.59 Å². The number of halogens is 2. The summed E-state index contributed by atoms with van der Waals surface area (Å²) in [6, 6.07) is 21.8. The average molecular weight is 578 g/mol. The summed E-state index contributed by atoms with van der Waals surface area (Å²) in [5.74, 6) is -0.209. The lowest BCUT2D eigenvalue weighted by molar-refractivity contribution is -0.127. The zero-order chi connectivity index (χ0) is 27.9. The second-order valence-corrected chi connectivity index (χ2v) is 11.7. The van der Waals surface area contributed by atoms with E-state index >= 15 is 0 Å². The van der Waals surface area contributed by atoms with Crippen LogP contribution in [-0.2, 0) is 11.3 Å². The molecule has 1 spiro atoms. The highest BCUT2D eigenvalue weighted by Crippen LogP contribution is 2.45. The number of carbonyl (C=O) groups is 2. The predicted molar refractivity (Wildman–Crippen MR) is 162 cm³/mol. The average Bonchev–Trinajstić information content (AvgIpc) is 3.58. The number of hydrogen-bond acceptors (Lipinski definition) is 4. The zero-order valence-corrected chi connectivity index (χ0v) is 24.3. The van der Waals surface area contributed by atoms with Crippen LogP contribution in [0.4, 0.5) is 16.2 Å². The number of likely N-dealkylation sites (N-methyl/N-ethyl adjacent to an activating group) is 1. The third-order valence-corrected chi connectivity index (χ3v) is 9.61. The van der Waals surface area contributed by atoms with Gasteiger partial charge in [0.1, 0.15) is 5.54 Å². The molecule has 0 unspecified atom stereocenters. The molecule has 3 aromatic rings. The van der Waals surface area contributed by atoms with Gasteiger partial charge in [-0.2, -0.15) is 0 Å². The molecule has 3 heterocycles. The summed E-state index contributed by atoms with van der Waals surface area (Å²) in [5.41, 5.74) is 3.72. The van der Waals surface area contributed by atoms with Gasteiger partial charge in [0.05, 0.1) is 15.7 Å². The summed E-state index contributed by atoms with van der Waals surface area (Å²) in [4.78, 5) is 35.5. The Bertz CT molecular complexity index is 1400. The fraction of sp³-hybridized carbons (Fsp3) is 0.375. The molecule has 6 nitrogen and oxygen atoms in total. The molecule has 3 fully saturated rings. The summed E-state index contributed by atoms with van der Waals surface area (Å²) in [6.07, 6.45) is 3.70. The minimum Gasteiger partial charge on any atom is -0.372 e. The highest BCUT2D eigenvalue weighted by Gasteiger charge is 2.58. The molecule has 0 radical (unpaired) electrons. The van der Waals surface area contributed by atoms with Gasteiger partial charge in [-0.1, -0.05) is 71.7 Å². The molecule has 40 heavy (non-hydrogen) atoms. The maximum atomic E-state index is 14.0. The molecule has 3 aromatic carbocycles. The van der Waals surface area contributed by atoms with Crippen molar-refractivity contribution in [3.05, 3.63) is 82.3 Å². The summed E-state index contributed by atoms with van der Waals surface area (Å²) < 4.78 is 0. The number of imide groups is 1. The Balaban J connectivity index is 1.19. The van der Waals surface area contributed by atoms with Crippen LogP contribution in [0.25, 0.3) is 11.1 Å². The molecule has 3 saturated heterocycles. The van der Waals surface area contributed by atoms with Crippen LogP contribution in [0, 0.1) is 0 Å². The lowest BCUT2D eigenvalue weighted by Gasteiger charge is -2.42. The maximum Gasteiger partial charge on any atom is 0.332 e. The number of urea groups is 1. The highest BCUT2D eigenvalue weighted by molar-refractivity contribution is 6.46. The van der Waals surface area contributed by atoms with Crippen molar-refractivity contribution < 1.29 is 9.59 Å². The van der Waals surface area contributed by atoms with Crippen molar-refractivity contribution >= 4 is 46.5 Å². The summed E-state index contributed by atoms with van der Waals surface area (Å²) in [6.45, 7) is 6.96. The molecule has 0 aromatic heterocycles. The van der Waals surface area contributed by atoms with E-state index in [2.05, 4.69) is 34.1 Å². The largest absolute Gasteiger partial charge is 0.372 e. The minimum absolute atomic E-state index is 0.209. The van der Waals surface area contributed by atoms with Gasteiger partial charge in [0.2, 0.25) is 0 Å². The van der Waals surface area contributed by atoms with Crippen LogP contribution in [-0.4, -0.2) is 60.0 Å². The van der Waals surface area contributed by atoms with Crippen molar-refractivity contribution in [2.24, 2.45) is 0 Å². The number of hydrogen-bond donors (Lipinski definition) is 0. The van der Waals surface area contributed by atoms with Gasteiger partial charge in [-0.3, -0.25) is 9.69 Å². The quantitative estimate of drug-likeness (QED) is 0.294. The zero-order valence-electron chi connectivity index (χ0n) is 22.8. The standard InChI is InChI=1S/C32H34Cl2N4O2/c1-2-37-31(40)38(27-15-14-26(28(33)29(27)34)24-8-4-3-5-9-24)30(39)32(37)16-20-35(21-17-32)22-23-10-12-25(13-11-23)36-18-6-7-19-36/h3-5,8-15H,2,6-7,16-22H2,1H3. The lowest BCUT2D eigenvalue weighted by atomic mass is 9.85. The highest BCUT2D eigenvalue weighted by atomic mass is 35.5. The number of rotatable bonds is 6. The van der Waals surface area contributed by atoms with E-state index in [0.717, 1.165) is 43.9 Å². The molecule has 0 aliphatic carbocycles. The molecule has 0 bridgehead atoms. The van der Waals surface area contributed by atoms with Crippen LogP contribution in [0.2, 0.25) is 10.0 Å². The maximum absolute atomic E-state index is 14.0. The van der Waals surface area contributed by atoms with Crippen LogP contribution in [0.3, 0.4) is 0 Å².